The average molecular weight is 475 g/mol. The molecule has 178 valence electrons. The van der Waals surface area contributed by atoms with Crippen molar-refractivity contribution in [2.45, 2.75) is 19.8 Å². The quantitative estimate of drug-likeness (QED) is 0.267. The minimum Gasteiger partial charge on any atom is -0.457 e. The molecule has 2 N–H and O–H groups in total. The number of H-pyrrole nitrogens is 1. The van der Waals surface area contributed by atoms with Crippen LogP contribution in [0.3, 0.4) is 0 Å². The van der Waals surface area contributed by atoms with Crippen molar-refractivity contribution >= 4 is 33.7 Å². The number of hydrogen-bond acceptors (Lipinski definition) is 5. The van der Waals surface area contributed by atoms with Crippen LogP contribution in [0.15, 0.2) is 85.1 Å². The van der Waals surface area contributed by atoms with Crippen molar-refractivity contribution in [3.63, 3.8) is 0 Å². The Morgan fingerprint density at radius 1 is 0.861 bits per heavy atom. The first-order valence-electron chi connectivity index (χ1n) is 12.0. The number of rotatable bonds is 6. The van der Waals surface area contributed by atoms with Crippen molar-refractivity contribution in [3.05, 3.63) is 90.6 Å². The molecule has 0 bridgehead atoms. The summed E-state index contributed by atoms with van der Waals surface area (Å²) in [7, 11) is 2.01. The fraction of sp³-hybridized carbons (Fsp3) is 0.138. The highest BCUT2D eigenvalue weighted by molar-refractivity contribution is 5.81. The zero-order valence-electron chi connectivity index (χ0n) is 20.4. The van der Waals surface area contributed by atoms with Gasteiger partial charge in [0.1, 0.15) is 17.2 Å². The number of imidazole rings is 2. The van der Waals surface area contributed by atoms with Crippen molar-refractivity contribution in [3.8, 4) is 23.0 Å². The SMILES string of the molecule is CC(C)c1cccc(Nc2nc3cc(Oc4ccnc(-c5nc6ccccc6[nH]5)c4)ccc3n2C)c1. The smallest absolute Gasteiger partial charge is 0.208 e. The lowest BCUT2D eigenvalue weighted by Gasteiger charge is -2.10. The molecule has 7 nitrogen and oxygen atoms in total. The Morgan fingerprint density at radius 3 is 2.58 bits per heavy atom. The third kappa shape index (κ3) is 4.15. The summed E-state index contributed by atoms with van der Waals surface area (Å²) in [6.07, 6.45) is 1.73. The topological polar surface area (TPSA) is 80.7 Å². The van der Waals surface area contributed by atoms with Crippen molar-refractivity contribution in [2.75, 3.05) is 5.32 Å². The van der Waals surface area contributed by atoms with E-state index in [1.54, 1.807) is 6.20 Å². The summed E-state index contributed by atoms with van der Waals surface area (Å²) in [4.78, 5) is 17.2. The normalized spacial score (nSPS) is 11.4. The summed E-state index contributed by atoms with van der Waals surface area (Å²) in [5, 5.41) is 3.45. The van der Waals surface area contributed by atoms with Crippen LogP contribution in [-0.2, 0) is 7.05 Å². The molecule has 0 amide bonds. The third-order valence-corrected chi connectivity index (χ3v) is 6.26. The molecule has 0 aliphatic rings. The Kier molecular flexibility index (Phi) is 5.37. The van der Waals surface area contributed by atoms with E-state index < -0.39 is 0 Å². The molecule has 6 aromatic rings. The van der Waals surface area contributed by atoms with Crippen LogP contribution in [0.2, 0.25) is 0 Å². The van der Waals surface area contributed by atoms with Gasteiger partial charge in [0.25, 0.3) is 0 Å². The van der Waals surface area contributed by atoms with Crippen molar-refractivity contribution in [2.24, 2.45) is 7.05 Å². The molecule has 0 fully saturated rings. The standard InChI is InChI=1S/C29H26N6O/c1-18(2)19-7-6-8-20(15-19)31-29-34-25-16-21(11-12-27(25)35(29)3)36-22-13-14-30-26(17-22)28-32-23-9-4-5-10-24(23)33-28/h4-18H,1-3H3,(H,31,34)(H,32,33). The number of hydrogen-bond donors (Lipinski definition) is 2. The van der Waals surface area contributed by atoms with Gasteiger partial charge in [0.15, 0.2) is 5.82 Å². The van der Waals surface area contributed by atoms with Gasteiger partial charge in [-0.15, -0.1) is 0 Å². The molecule has 3 aromatic carbocycles. The number of nitrogens with one attached hydrogen (secondary N) is 2. The minimum atomic E-state index is 0.465. The number of para-hydroxylation sites is 2. The first-order chi connectivity index (χ1) is 17.5. The number of anilines is 2. The van der Waals surface area contributed by atoms with Gasteiger partial charge >= 0.3 is 0 Å². The number of fused-ring (bicyclic) bond motifs is 2. The number of aromatic nitrogens is 5. The van der Waals surface area contributed by atoms with Crippen LogP contribution in [0.5, 0.6) is 11.5 Å². The Hall–Kier alpha value is -4.65. The maximum atomic E-state index is 6.18. The number of ether oxygens (including phenoxy) is 1. The fourth-order valence-electron chi connectivity index (χ4n) is 4.27. The second-order valence-electron chi connectivity index (χ2n) is 9.13. The third-order valence-electron chi connectivity index (χ3n) is 6.26. The van der Waals surface area contributed by atoms with Crippen LogP contribution in [-0.4, -0.2) is 24.5 Å². The van der Waals surface area contributed by atoms with Crippen LogP contribution in [0.25, 0.3) is 33.6 Å². The molecule has 3 heterocycles. The van der Waals surface area contributed by atoms with Gasteiger partial charge in [-0.25, -0.2) is 9.97 Å². The number of benzene rings is 3. The van der Waals surface area contributed by atoms with E-state index in [1.165, 1.54) is 5.56 Å². The Balaban J connectivity index is 1.26. The summed E-state index contributed by atoms with van der Waals surface area (Å²) in [6.45, 7) is 4.39. The van der Waals surface area contributed by atoms with Gasteiger partial charge in [0.2, 0.25) is 5.95 Å². The van der Waals surface area contributed by atoms with Crippen LogP contribution >= 0.6 is 0 Å². The van der Waals surface area contributed by atoms with Crippen LogP contribution in [0, 0.1) is 0 Å². The molecule has 0 aliphatic carbocycles. The number of nitrogens with zero attached hydrogens (tertiary/aromatic N) is 4. The highest BCUT2D eigenvalue weighted by Crippen LogP contribution is 2.30. The molecular weight excluding hydrogens is 448 g/mol. The van der Waals surface area contributed by atoms with Crippen LogP contribution < -0.4 is 10.1 Å². The van der Waals surface area contributed by atoms with Gasteiger partial charge in [-0.1, -0.05) is 38.1 Å². The lowest BCUT2D eigenvalue weighted by molar-refractivity contribution is 0.483. The van der Waals surface area contributed by atoms with Crippen LogP contribution in [0.4, 0.5) is 11.6 Å². The van der Waals surface area contributed by atoms with E-state index >= 15 is 0 Å². The maximum Gasteiger partial charge on any atom is 0.208 e. The lowest BCUT2D eigenvalue weighted by Crippen LogP contribution is -1.99. The summed E-state index contributed by atoms with van der Waals surface area (Å²) < 4.78 is 8.23. The Morgan fingerprint density at radius 2 is 1.72 bits per heavy atom. The Bertz CT molecular complexity index is 1660. The summed E-state index contributed by atoms with van der Waals surface area (Å²) in [6, 6.07) is 26.0. The van der Waals surface area contributed by atoms with Crippen molar-refractivity contribution < 1.29 is 4.74 Å². The highest BCUT2D eigenvalue weighted by atomic mass is 16.5. The predicted molar refractivity (Wildman–Crippen MR) is 144 cm³/mol. The number of aromatic amines is 1. The summed E-state index contributed by atoms with van der Waals surface area (Å²) in [5.74, 6) is 3.33. The molecule has 0 saturated carbocycles. The van der Waals surface area contributed by atoms with Crippen molar-refractivity contribution in [1.29, 1.82) is 0 Å². The largest absolute Gasteiger partial charge is 0.457 e. The first-order valence-corrected chi connectivity index (χ1v) is 12.0. The summed E-state index contributed by atoms with van der Waals surface area (Å²) in [5.41, 5.74) is 6.77. The van der Waals surface area contributed by atoms with Gasteiger partial charge in [-0.05, 0) is 53.9 Å². The second kappa shape index (κ2) is 8.85. The van der Waals surface area contributed by atoms with Crippen molar-refractivity contribution in [1.82, 2.24) is 24.5 Å². The van der Waals surface area contributed by atoms with Gasteiger partial charge in [-0.2, -0.15) is 0 Å². The highest BCUT2D eigenvalue weighted by Gasteiger charge is 2.12. The molecule has 7 heteroatoms. The van der Waals surface area contributed by atoms with E-state index in [4.69, 9.17) is 9.72 Å². The lowest BCUT2D eigenvalue weighted by atomic mass is 10.0. The fourth-order valence-corrected chi connectivity index (χ4v) is 4.27. The average Bonchev–Trinajstić information content (AvgIpc) is 3.45. The molecule has 6 rings (SSSR count). The molecule has 0 spiro atoms. The van der Waals surface area contributed by atoms with E-state index in [2.05, 4.69) is 58.4 Å². The molecule has 0 aliphatic heterocycles. The number of pyridine rings is 1. The predicted octanol–water partition coefficient (Wildman–Crippen LogP) is 7.17. The molecule has 0 unspecified atom stereocenters. The molecule has 36 heavy (non-hydrogen) atoms. The van der Waals surface area contributed by atoms with Crippen LogP contribution in [0.1, 0.15) is 25.3 Å². The summed E-state index contributed by atoms with van der Waals surface area (Å²) >= 11 is 0. The van der Waals surface area contributed by atoms with E-state index in [0.29, 0.717) is 23.2 Å². The van der Waals surface area contributed by atoms with Gasteiger partial charge in [0, 0.05) is 31.1 Å². The van der Waals surface area contributed by atoms with Gasteiger partial charge in [-0.3, -0.25) is 4.98 Å². The zero-order chi connectivity index (χ0) is 24.6. The molecule has 3 aromatic heterocycles. The van der Waals surface area contributed by atoms with E-state index in [1.807, 2.05) is 66.2 Å². The molecule has 0 atom stereocenters. The van der Waals surface area contributed by atoms with E-state index in [9.17, 15) is 0 Å². The second-order valence-corrected chi connectivity index (χ2v) is 9.13. The van der Waals surface area contributed by atoms with E-state index in [0.717, 1.165) is 39.4 Å². The maximum absolute atomic E-state index is 6.18. The van der Waals surface area contributed by atoms with Gasteiger partial charge < -0.3 is 19.6 Å². The molecular formula is C29H26N6O. The number of aryl methyl sites for hydroxylation is 1. The first kappa shape index (κ1) is 21.9. The minimum absolute atomic E-state index is 0.465. The zero-order valence-corrected chi connectivity index (χ0v) is 20.4. The molecule has 0 saturated heterocycles. The monoisotopic (exact) mass is 474 g/mol. The molecule has 0 radical (unpaired) electrons. The Labute approximate surface area is 208 Å². The van der Waals surface area contributed by atoms with E-state index in [-0.39, 0.29) is 0 Å². The van der Waals surface area contributed by atoms with Gasteiger partial charge in [0.05, 0.1) is 22.1 Å².